The fourth-order valence-corrected chi connectivity index (χ4v) is 2.58. The Balaban J connectivity index is 2.18. The molecule has 5 heteroatoms. The molecule has 1 atom stereocenters. The van der Waals surface area contributed by atoms with Crippen molar-refractivity contribution in [3.63, 3.8) is 0 Å². The van der Waals surface area contributed by atoms with Crippen LogP contribution in [0, 0.1) is 6.92 Å². The Hall–Kier alpha value is -1.46. The van der Waals surface area contributed by atoms with Crippen molar-refractivity contribution in [3.8, 4) is 0 Å². The van der Waals surface area contributed by atoms with Gasteiger partial charge in [-0.15, -0.1) is 0 Å². The molecule has 1 aromatic rings. The number of pyridine rings is 1. The van der Waals surface area contributed by atoms with Gasteiger partial charge in [0, 0.05) is 26.4 Å². The molecule has 5 nitrogen and oxygen atoms in total. The number of morpholine rings is 1. The largest absolute Gasteiger partial charge is 0.382 e. The van der Waals surface area contributed by atoms with Crippen LogP contribution in [0.4, 0.5) is 0 Å². The number of carbonyl (C=O) groups is 1. The Labute approximate surface area is 119 Å². The molecule has 20 heavy (non-hydrogen) atoms. The number of rotatable bonds is 3. The van der Waals surface area contributed by atoms with E-state index in [-0.39, 0.29) is 17.6 Å². The molecule has 0 aromatic carbocycles. The molecule has 1 amide bonds. The lowest BCUT2D eigenvalue weighted by Gasteiger charge is -2.42. The van der Waals surface area contributed by atoms with Crippen LogP contribution in [0.2, 0.25) is 0 Å². The maximum absolute atomic E-state index is 12.6. The molecule has 0 aliphatic carbocycles. The van der Waals surface area contributed by atoms with Crippen LogP contribution in [0.5, 0.6) is 0 Å². The van der Waals surface area contributed by atoms with Crippen molar-refractivity contribution >= 4 is 5.91 Å². The van der Waals surface area contributed by atoms with Crippen LogP contribution in [-0.2, 0) is 9.47 Å². The van der Waals surface area contributed by atoms with Crippen LogP contribution in [0.3, 0.4) is 0 Å². The molecule has 1 aromatic heterocycles. The van der Waals surface area contributed by atoms with Gasteiger partial charge in [0.25, 0.3) is 5.91 Å². The van der Waals surface area contributed by atoms with Gasteiger partial charge in [-0.1, -0.05) is 6.07 Å². The minimum atomic E-state index is -0.375. The van der Waals surface area contributed by atoms with E-state index in [0.717, 1.165) is 5.56 Å². The fourth-order valence-electron chi connectivity index (χ4n) is 2.58. The lowest BCUT2D eigenvalue weighted by molar-refractivity contribution is -0.143. The smallest absolute Gasteiger partial charge is 0.272 e. The molecule has 0 spiro atoms. The highest BCUT2D eigenvalue weighted by Gasteiger charge is 2.36. The van der Waals surface area contributed by atoms with Gasteiger partial charge in [0.1, 0.15) is 5.69 Å². The zero-order valence-electron chi connectivity index (χ0n) is 12.5. The molecule has 110 valence electrons. The van der Waals surface area contributed by atoms with Crippen LogP contribution in [0.25, 0.3) is 0 Å². The predicted molar refractivity (Wildman–Crippen MR) is 75.7 cm³/mol. The number of ether oxygens (including phenoxy) is 2. The van der Waals surface area contributed by atoms with Gasteiger partial charge in [-0.05, 0) is 32.4 Å². The number of amides is 1. The quantitative estimate of drug-likeness (QED) is 0.843. The minimum absolute atomic E-state index is 0.0411. The van der Waals surface area contributed by atoms with Gasteiger partial charge in [-0.3, -0.25) is 9.78 Å². The summed E-state index contributed by atoms with van der Waals surface area (Å²) in [7, 11) is 1.64. The summed E-state index contributed by atoms with van der Waals surface area (Å²) in [5, 5.41) is 0. The van der Waals surface area contributed by atoms with Gasteiger partial charge >= 0.3 is 0 Å². The molecule has 1 aliphatic rings. The van der Waals surface area contributed by atoms with E-state index in [1.807, 2.05) is 37.8 Å². The van der Waals surface area contributed by atoms with Crippen LogP contribution in [0.15, 0.2) is 18.3 Å². The lowest BCUT2D eigenvalue weighted by atomic mass is 10.0. The predicted octanol–water partition coefficient (Wildman–Crippen LogP) is 1.66. The SMILES string of the molecule is COC[C@@H]1CN(C(=O)c2ncccc2C)CC(C)(C)O1. The first-order valence-corrected chi connectivity index (χ1v) is 6.80. The molecular formula is C15H22N2O3. The van der Waals surface area contributed by atoms with Gasteiger partial charge in [-0.2, -0.15) is 0 Å². The zero-order chi connectivity index (χ0) is 14.8. The van der Waals surface area contributed by atoms with Gasteiger partial charge < -0.3 is 14.4 Å². The Morgan fingerprint density at radius 2 is 2.35 bits per heavy atom. The molecule has 1 fully saturated rings. The van der Waals surface area contributed by atoms with Crippen LogP contribution in [-0.4, -0.2) is 54.3 Å². The number of carbonyl (C=O) groups excluding carboxylic acids is 1. The molecule has 0 unspecified atom stereocenters. The van der Waals surface area contributed by atoms with Gasteiger partial charge in [0.05, 0.1) is 18.3 Å². The van der Waals surface area contributed by atoms with Crippen molar-refractivity contribution in [1.82, 2.24) is 9.88 Å². The molecule has 2 heterocycles. The first kappa shape index (κ1) is 14.9. The van der Waals surface area contributed by atoms with E-state index >= 15 is 0 Å². The first-order valence-electron chi connectivity index (χ1n) is 6.80. The number of aromatic nitrogens is 1. The van der Waals surface area contributed by atoms with Crippen molar-refractivity contribution in [1.29, 1.82) is 0 Å². The molecule has 0 saturated carbocycles. The van der Waals surface area contributed by atoms with Crippen LogP contribution < -0.4 is 0 Å². The van der Waals surface area contributed by atoms with Crippen molar-refractivity contribution in [3.05, 3.63) is 29.6 Å². The summed E-state index contributed by atoms with van der Waals surface area (Å²) < 4.78 is 11.1. The summed E-state index contributed by atoms with van der Waals surface area (Å²) in [6, 6.07) is 3.74. The van der Waals surface area contributed by atoms with E-state index in [4.69, 9.17) is 9.47 Å². The van der Waals surface area contributed by atoms with E-state index in [1.54, 1.807) is 13.3 Å². The molecule has 1 aliphatic heterocycles. The van der Waals surface area contributed by atoms with E-state index in [9.17, 15) is 4.79 Å². The van der Waals surface area contributed by atoms with Crippen LogP contribution in [0.1, 0.15) is 29.9 Å². The van der Waals surface area contributed by atoms with Crippen molar-refractivity contribution in [2.75, 3.05) is 26.8 Å². The first-order chi connectivity index (χ1) is 9.43. The molecule has 2 rings (SSSR count). The maximum atomic E-state index is 12.6. The Kier molecular flexibility index (Phi) is 4.40. The number of aryl methyl sites for hydroxylation is 1. The van der Waals surface area contributed by atoms with E-state index in [2.05, 4.69) is 4.98 Å². The average molecular weight is 278 g/mol. The van der Waals surface area contributed by atoms with Crippen molar-refractivity contribution in [2.24, 2.45) is 0 Å². The third-order valence-corrected chi connectivity index (χ3v) is 3.33. The Morgan fingerprint density at radius 1 is 1.60 bits per heavy atom. The third-order valence-electron chi connectivity index (χ3n) is 3.33. The molecule has 0 N–H and O–H groups in total. The monoisotopic (exact) mass is 278 g/mol. The molecule has 1 saturated heterocycles. The Morgan fingerprint density at radius 3 is 3.00 bits per heavy atom. The fraction of sp³-hybridized carbons (Fsp3) is 0.600. The second-order valence-corrected chi connectivity index (χ2v) is 5.81. The zero-order valence-corrected chi connectivity index (χ0v) is 12.5. The average Bonchev–Trinajstić information content (AvgIpc) is 2.37. The minimum Gasteiger partial charge on any atom is -0.382 e. The molecular weight excluding hydrogens is 256 g/mol. The summed E-state index contributed by atoms with van der Waals surface area (Å²) in [4.78, 5) is 18.6. The highest BCUT2D eigenvalue weighted by atomic mass is 16.5. The molecule has 0 bridgehead atoms. The van der Waals surface area contributed by atoms with Crippen molar-refractivity contribution in [2.45, 2.75) is 32.5 Å². The van der Waals surface area contributed by atoms with Gasteiger partial charge in [0.15, 0.2) is 0 Å². The summed E-state index contributed by atoms with van der Waals surface area (Å²) in [5.74, 6) is -0.0411. The normalized spacial score (nSPS) is 21.8. The van der Waals surface area contributed by atoms with Gasteiger partial charge in [-0.25, -0.2) is 0 Å². The number of hydrogen-bond acceptors (Lipinski definition) is 4. The summed E-state index contributed by atoms with van der Waals surface area (Å²) in [5.41, 5.74) is 1.03. The second kappa shape index (κ2) is 5.89. The second-order valence-electron chi connectivity index (χ2n) is 5.81. The summed E-state index contributed by atoms with van der Waals surface area (Å²) in [6.07, 6.45) is 1.55. The van der Waals surface area contributed by atoms with E-state index in [0.29, 0.717) is 25.4 Å². The highest BCUT2D eigenvalue weighted by molar-refractivity contribution is 5.93. The summed E-state index contributed by atoms with van der Waals surface area (Å²) >= 11 is 0. The Bertz CT molecular complexity index is 488. The van der Waals surface area contributed by atoms with Crippen molar-refractivity contribution < 1.29 is 14.3 Å². The summed E-state index contributed by atoms with van der Waals surface area (Å²) in [6.45, 7) is 7.45. The highest BCUT2D eigenvalue weighted by Crippen LogP contribution is 2.23. The van der Waals surface area contributed by atoms with E-state index < -0.39 is 0 Å². The molecule has 0 radical (unpaired) electrons. The van der Waals surface area contributed by atoms with E-state index in [1.165, 1.54) is 0 Å². The number of hydrogen-bond donors (Lipinski definition) is 0. The van der Waals surface area contributed by atoms with Gasteiger partial charge in [0.2, 0.25) is 0 Å². The van der Waals surface area contributed by atoms with Crippen LogP contribution >= 0.6 is 0 Å². The maximum Gasteiger partial charge on any atom is 0.272 e. The lowest BCUT2D eigenvalue weighted by Crippen LogP contribution is -2.55. The number of nitrogens with zero attached hydrogens (tertiary/aromatic N) is 2. The third kappa shape index (κ3) is 3.35. The topological polar surface area (TPSA) is 51.7 Å². The number of methoxy groups -OCH3 is 1. The standard InChI is InChI=1S/C15H22N2O3/c1-11-6-5-7-16-13(11)14(18)17-8-12(9-19-4)20-15(2,3)10-17/h5-7,12H,8-10H2,1-4H3/t12-/m0/s1.